The van der Waals surface area contributed by atoms with E-state index in [1.165, 1.54) is 0 Å². The molecule has 2 saturated heterocycles. The Kier molecular flexibility index (Phi) is 3.82. The van der Waals surface area contributed by atoms with Crippen LogP contribution in [-0.2, 0) is 19.0 Å². The van der Waals surface area contributed by atoms with Gasteiger partial charge in [0.25, 0.3) is 0 Å². The molecular formula is C13H21NO4. The molecule has 2 heterocycles. The molecule has 1 saturated carbocycles. The predicted molar refractivity (Wildman–Crippen MR) is 64.2 cm³/mol. The Morgan fingerprint density at radius 2 is 1.83 bits per heavy atom. The average molecular weight is 255 g/mol. The van der Waals surface area contributed by atoms with E-state index in [0.29, 0.717) is 26.4 Å². The van der Waals surface area contributed by atoms with Crippen LogP contribution in [0.4, 0.5) is 0 Å². The number of hydrogen-bond donors (Lipinski definition) is 1. The van der Waals surface area contributed by atoms with E-state index >= 15 is 0 Å². The lowest BCUT2D eigenvalue weighted by molar-refractivity contribution is -0.159. The van der Waals surface area contributed by atoms with Gasteiger partial charge in [0.05, 0.1) is 37.9 Å². The van der Waals surface area contributed by atoms with Gasteiger partial charge in [-0.15, -0.1) is 0 Å². The third kappa shape index (κ3) is 2.68. The van der Waals surface area contributed by atoms with Crippen molar-refractivity contribution in [3.05, 3.63) is 0 Å². The smallest absolute Gasteiger partial charge is 0.225 e. The van der Waals surface area contributed by atoms with Crippen molar-refractivity contribution in [2.75, 3.05) is 26.4 Å². The number of fused-ring (bicyclic) bond motifs is 1. The van der Waals surface area contributed by atoms with Gasteiger partial charge in [0, 0.05) is 12.6 Å². The van der Waals surface area contributed by atoms with Gasteiger partial charge in [-0.1, -0.05) is 0 Å². The fourth-order valence-electron chi connectivity index (χ4n) is 3.06. The Morgan fingerprint density at radius 1 is 1.00 bits per heavy atom. The van der Waals surface area contributed by atoms with Crippen molar-refractivity contribution in [1.82, 2.24) is 5.32 Å². The Hall–Kier alpha value is -0.650. The van der Waals surface area contributed by atoms with Crippen LogP contribution in [0.2, 0.25) is 0 Å². The van der Waals surface area contributed by atoms with E-state index in [2.05, 4.69) is 5.32 Å². The van der Waals surface area contributed by atoms with Gasteiger partial charge in [0.2, 0.25) is 5.91 Å². The molecule has 4 unspecified atom stereocenters. The molecule has 3 fully saturated rings. The highest BCUT2D eigenvalue weighted by atomic mass is 16.6. The van der Waals surface area contributed by atoms with E-state index in [9.17, 15) is 4.79 Å². The highest BCUT2D eigenvalue weighted by molar-refractivity contribution is 5.79. The van der Waals surface area contributed by atoms with Crippen molar-refractivity contribution >= 4 is 5.91 Å². The van der Waals surface area contributed by atoms with E-state index < -0.39 is 0 Å². The first-order valence-corrected chi connectivity index (χ1v) is 6.94. The minimum absolute atomic E-state index is 0.0475. The molecule has 1 aliphatic carbocycles. The molecule has 0 bridgehead atoms. The molecule has 18 heavy (non-hydrogen) atoms. The SMILES string of the molecule is O=C(NC1CCC2OCCOC2C1)C1CCOC1. The molecule has 4 atom stereocenters. The molecule has 0 aromatic rings. The molecule has 5 heteroatoms. The minimum atomic E-state index is 0.0475. The second kappa shape index (κ2) is 5.55. The topological polar surface area (TPSA) is 56.8 Å². The molecule has 1 N–H and O–H groups in total. The molecule has 0 spiro atoms. The summed E-state index contributed by atoms with van der Waals surface area (Å²) in [5, 5.41) is 3.14. The van der Waals surface area contributed by atoms with Crippen LogP contribution in [-0.4, -0.2) is 50.6 Å². The van der Waals surface area contributed by atoms with Crippen LogP contribution in [0.3, 0.4) is 0 Å². The maximum absolute atomic E-state index is 12.0. The summed E-state index contributed by atoms with van der Waals surface area (Å²) >= 11 is 0. The van der Waals surface area contributed by atoms with Gasteiger partial charge in [-0.05, 0) is 25.7 Å². The maximum atomic E-state index is 12.0. The Morgan fingerprint density at radius 3 is 2.61 bits per heavy atom. The monoisotopic (exact) mass is 255 g/mol. The van der Waals surface area contributed by atoms with Gasteiger partial charge in [-0.25, -0.2) is 0 Å². The fraction of sp³-hybridized carbons (Fsp3) is 0.923. The fourth-order valence-corrected chi connectivity index (χ4v) is 3.06. The summed E-state index contributed by atoms with van der Waals surface area (Å²) in [5.41, 5.74) is 0. The van der Waals surface area contributed by atoms with Crippen LogP contribution in [0.25, 0.3) is 0 Å². The quantitative estimate of drug-likeness (QED) is 0.779. The van der Waals surface area contributed by atoms with E-state index in [4.69, 9.17) is 14.2 Å². The standard InChI is InChI=1S/C13H21NO4/c15-13(9-3-4-16-8-9)14-10-1-2-11-12(7-10)18-6-5-17-11/h9-12H,1-8H2,(H,14,15). The zero-order valence-corrected chi connectivity index (χ0v) is 10.6. The molecule has 0 aromatic carbocycles. The summed E-state index contributed by atoms with van der Waals surface area (Å²) in [6.07, 6.45) is 4.11. The number of rotatable bonds is 2. The van der Waals surface area contributed by atoms with Gasteiger partial charge in [-0.2, -0.15) is 0 Å². The second-order valence-electron chi connectivity index (χ2n) is 5.40. The molecule has 5 nitrogen and oxygen atoms in total. The summed E-state index contributed by atoms with van der Waals surface area (Å²) in [7, 11) is 0. The summed E-state index contributed by atoms with van der Waals surface area (Å²) in [4.78, 5) is 12.0. The number of amides is 1. The van der Waals surface area contributed by atoms with Crippen LogP contribution >= 0.6 is 0 Å². The first-order chi connectivity index (χ1) is 8.83. The molecule has 0 radical (unpaired) electrons. The van der Waals surface area contributed by atoms with Crippen LogP contribution in [0.1, 0.15) is 25.7 Å². The van der Waals surface area contributed by atoms with Crippen LogP contribution < -0.4 is 5.32 Å². The summed E-state index contributed by atoms with van der Waals surface area (Å²) in [6.45, 7) is 2.67. The Labute approximate surface area is 107 Å². The normalized spacial score (nSPS) is 40.2. The van der Waals surface area contributed by atoms with Crippen LogP contribution in [0.15, 0.2) is 0 Å². The van der Waals surface area contributed by atoms with E-state index in [1.54, 1.807) is 0 Å². The van der Waals surface area contributed by atoms with Crippen molar-refractivity contribution in [3.8, 4) is 0 Å². The maximum Gasteiger partial charge on any atom is 0.225 e. The lowest BCUT2D eigenvalue weighted by atomic mass is 9.89. The van der Waals surface area contributed by atoms with E-state index in [1.807, 2.05) is 0 Å². The first-order valence-electron chi connectivity index (χ1n) is 6.94. The van der Waals surface area contributed by atoms with Crippen molar-refractivity contribution < 1.29 is 19.0 Å². The Balaban J connectivity index is 1.49. The van der Waals surface area contributed by atoms with E-state index in [0.717, 1.165) is 25.7 Å². The molecule has 1 amide bonds. The average Bonchev–Trinajstić information content (AvgIpc) is 2.92. The lowest BCUT2D eigenvalue weighted by Gasteiger charge is -2.39. The molecular weight excluding hydrogens is 234 g/mol. The van der Waals surface area contributed by atoms with Gasteiger partial charge in [0.1, 0.15) is 0 Å². The third-order valence-corrected chi connectivity index (χ3v) is 4.13. The van der Waals surface area contributed by atoms with Crippen LogP contribution in [0.5, 0.6) is 0 Å². The zero-order chi connectivity index (χ0) is 12.4. The minimum Gasteiger partial charge on any atom is -0.381 e. The van der Waals surface area contributed by atoms with Crippen molar-refractivity contribution in [3.63, 3.8) is 0 Å². The second-order valence-corrected chi connectivity index (χ2v) is 5.40. The highest BCUT2D eigenvalue weighted by Crippen LogP contribution is 2.27. The van der Waals surface area contributed by atoms with Gasteiger partial charge in [-0.3, -0.25) is 4.79 Å². The van der Waals surface area contributed by atoms with Crippen molar-refractivity contribution in [1.29, 1.82) is 0 Å². The molecule has 3 aliphatic rings. The van der Waals surface area contributed by atoms with Crippen molar-refractivity contribution in [2.24, 2.45) is 5.92 Å². The zero-order valence-electron chi connectivity index (χ0n) is 10.6. The van der Waals surface area contributed by atoms with E-state index in [-0.39, 0.29) is 30.1 Å². The predicted octanol–water partition coefficient (Wildman–Crippen LogP) is 0.476. The van der Waals surface area contributed by atoms with Gasteiger partial charge >= 0.3 is 0 Å². The molecule has 102 valence electrons. The first kappa shape index (κ1) is 12.4. The summed E-state index contributed by atoms with van der Waals surface area (Å²) in [5.74, 6) is 0.193. The van der Waals surface area contributed by atoms with Crippen LogP contribution in [0, 0.1) is 5.92 Å². The highest BCUT2D eigenvalue weighted by Gasteiger charge is 2.35. The number of carbonyl (C=O) groups is 1. The lowest BCUT2D eigenvalue weighted by Crippen LogP contribution is -2.50. The summed E-state index contributed by atoms with van der Waals surface area (Å²) < 4.78 is 16.6. The van der Waals surface area contributed by atoms with Crippen molar-refractivity contribution in [2.45, 2.75) is 43.9 Å². The largest absolute Gasteiger partial charge is 0.381 e. The number of hydrogen-bond acceptors (Lipinski definition) is 4. The number of ether oxygens (including phenoxy) is 3. The van der Waals surface area contributed by atoms with Gasteiger partial charge in [0.15, 0.2) is 0 Å². The molecule has 2 aliphatic heterocycles. The number of nitrogens with one attached hydrogen (secondary N) is 1. The summed E-state index contributed by atoms with van der Waals surface area (Å²) in [6, 6.07) is 0.237. The molecule has 0 aromatic heterocycles. The number of carbonyl (C=O) groups excluding carboxylic acids is 1. The Bertz CT molecular complexity index is 303. The van der Waals surface area contributed by atoms with Gasteiger partial charge < -0.3 is 19.5 Å². The molecule has 3 rings (SSSR count). The third-order valence-electron chi connectivity index (χ3n) is 4.13.